The van der Waals surface area contributed by atoms with E-state index in [9.17, 15) is 4.79 Å². The Balaban J connectivity index is 1.85. The Hall–Kier alpha value is -2.60. The van der Waals surface area contributed by atoms with E-state index in [0.717, 1.165) is 25.0 Å². The van der Waals surface area contributed by atoms with Gasteiger partial charge in [0.2, 0.25) is 0 Å². The van der Waals surface area contributed by atoms with Crippen LogP contribution >= 0.6 is 0 Å². The van der Waals surface area contributed by atoms with Crippen molar-refractivity contribution in [1.29, 1.82) is 0 Å². The third-order valence-electron chi connectivity index (χ3n) is 4.43. The van der Waals surface area contributed by atoms with Gasteiger partial charge in [0, 0.05) is 43.7 Å². The molecule has 2 heterocycles. The number of amides is 1. The lowest BCUT2D eigenvalue weighted by molar-refractivity contribution is 0.0506. The Labute approximate surface area is 153 Å². The molecular formula is C20H24N2O4. The molecule has 3 rings (SSSR count). The molecule has 6 nitrogen and oxygen atoms in total. The normalized spacial score (nSPS) is 16.3. The fourth-order valence-corrected chi connectivity index (χ4v) is 3.08. The van der Waals surface area contributed by atoms with Crippen LogP contribution in [-0.4, -0.2) is 49.3 Å². The quantitative estimate of drug-likeness (QED) is 0.763. The predicted octanol–water partition coefficient (Wildman–Crippen LogP) is 2.92. The Kier molecular flexibility index (Phi) is 6.07. The molecule has 1 aliphatic heterocycles. The van der Waals surface area contributed by atoms with Crippen molar-refractivity contribution in [2.24, 2.45) is 0 Å². The lowest BCUT2D eigenvalue weighted by Crippen LogP contribution is -2.37. The first-order valence-electron chi connectivity index (χ1n) is 8.72. The molecule has 0 spiro atoms. The Morgan fingerprint density at radius 3 is 2.62 bits per heavy atom. The van der Waals surface area contributed by atoms with E-state index in [1.807, 2.05) is 12.1 Å². The van der Waals surface area contributed by atoms with Gasteiger partial charge in [-0.15, -0.1) is 0 Å². The number of hydrogen-bond donors (Lipinski definition) is 0. The second-order valence-electron chi connectivity index (χ2n) is 6.28. The third kappa shape index (κ3) is 4.52. The van der Waals surface area contributed by atoms with Crippen molar-refractivity contribution < 1.29 is 19.0 Å². The van der Waals surface area contributed by atoms with Crippen molar-refractivity contribution in [1.82, 2.24) is 9.88 Å². The van der Waals surface area contributed by atoms with E-state index in [1.165, 1.54) is 0 Å². The predicted molar refractivity (Wildman–Crippen MR) is 97.5 cm³/mol. The van der Waals surface area contributed by atoms with Crippen molar-refractivity contribution >= 4 is 5.91 Å². The molecule has 0 aliphatic carbocycles. The molecule has 0 N–H and O–H groups in total. The number of pyridine rings is 1. The number of benzene rings is 1. The van der Waals surface area contributed by atoms with Gasteiger partial charge in [-0.2, -0.15) is 0 Å². The Morgan fingerprint density at radius 2 is 2.04 bits per heavy atom. The van der Waals surface area contributed by atoms with Gasteiger partial charge in [-0.3, -0.25) is 9.78 Å². The van der Waals surface area contributed by atoms with E-state index >= 15 is 0 Å². The van der Waals surface area contributed by atoms with Crippen LogP contribution in [0.2, 0.25) is 0 Å². The summed E-state index contributed by atoms with van der Waals surface area (Å²) in [5, 5.41) is 0. The molecule has 0 radical (unpaired) electrons. The van der Waals surface area contributed by atoms with Crippen molar-refractivity contribution in [2.75, 3.05) is 27.4 Å². The summed E-state index contributed by atoms with van der Waals surface area (Å²) in [5.41, 5.74) is 1.51. The molecule has 2 aromatic rings. The summed E-state index contributed by atoms with van der Waals surface area (Å²) in [6, 6.07) is 9.06. The van der Waals surface area contributed by atoms with Crippen LogP contribution < -0.4 is 9.47 Å². The number of hydrogen-bond acceptors (Lipinski definition) is 5. The molecule has 1 atom stereocenters. The van der Waals surface area contributed by atoms with E-state index in [-0.39, 0.29) is 12.0 Å². The summed E-state index contributed by atoms with van der Waals surface area (Å²) < 4.78 is 16.3. The average molecular weight is 356 g/mol. The first-order valence-corrected chi connectivity index (χ1v) is 8.72. The van der Waals surface area contributed by atoms with Crippen LogP contribution in [0.5, 0.6) is 11.5 Å². The topological polar surface area (TPSA) is 60.9 Å². The van der Waals surface area contributed by atoms with Gasteiger partial charge in [-0.25, -0.2) is 0 Å². The van der Waals surface area contributed by atoms with E-state index < -0.39 is 0 Å². The molecule has 1 aromatic carbocycles. The van der Waals surface area contributed by atoms with Crippen LogP contribution in [-0.2, 0) is 11.3 Å². The molecule has 0 bridgehead atoms. The molecule has 6 heteroatoms. The number of methoxy groups -OCH3 is 2. The Morgan fingerprint density at radius 1 is 1.27 bits per heavy atom. The Bertz CT molecular complexity index is 708. The minimum absolute atomic E-state index is 0.0723. The molecule has 138 valence electrons. The monoisotopic (exact) mass is 356 g/mol. The SMILES string of the molecule is COc1cc(OC)cc(C(=O)N(Cc2cccnc2)C[C@@H]2CCCO2)c1. The molecule has 26 heavy (non-hydrogen) atoms. The molecule has 1 amide bonds. The number of carbonyl (C=O) groups is 1. The number of aromatic nitrogens is 1. The van der Waals surface area contributed by atoms with Gasteiger partial charge in [0.15, 0.2) is 0 Å². The summed E-state index contributed by atoms with van der Waals surface area (Å²) in [5.74, 6) is 1.10. The zero-order valence-electron chi connectivity index (χ0n) is 15.2. The van der Waals surface area contributed by atoms with Crippen molar-refractivity contribution in [3.8, 4) is 11.5 Å². The largest absolute Gasteiger partial charge is 0.497 e. The van der Waals surface area contributed by atoms with E-state index in [2.05, 4.69) is 4.98 Å². The fourth-order valence-electron chi connectivity index (χ4n) is 3.08. The highest BCUT2D eigenvalue weighted by molar-refractivity contribution is 5.95. The van der Waals surface area contributed by atoms with Crippen LogP contribution in [0.3, 0.4) is 0 Å². The summed E-state index contributed by atoms with van der Waals surface area (Å²) in [4.78, 5) is 19.2. The van der Waals surface area contributed by atoms with Crippen LogP contribution in [0, 0.1) is 0 Å². The number of carbonyl (C=O) groups excluding carboxylic acids is 1. The van der Waals surface area contributed by atoms with Crippen molar-refractivity contribution in [3.05, 3.63) is 53.9 Å². The zero-order valence-corrected chi connectivity index (χ0v) is 15.2. The smallest absolute Gasteiger partial charge is 0.254 e. The van der Waals surface area contributed by atoms with Gasteiger partial charge >= 0.3 is 0 Å². The van der Waals surface area contributed by atoms with Crippen molar-refractivity contribution in [3.63, 3.8) is 0 Å². The maximum atomic E-state index is 13.2. The molecular weight excluding hydrogens is 332 g/mol. The summed E-state index contributed by atoms with van der Waals surface area (Å²) in [6.07, 6.45) is 5.58. The minimum atomic E-state index is -0.0819. The number of nitrogens with zero attached hydrogens (tertiary/aromatic N) is 2. The van der Waals surface area contributed by atoms with E-state index in [4.69, 9.17) is 14.2 Å². The number of rotatable bonds is 7. The molecule has 1 aliphatic rings. The van der Waals surface area contributed by atoms with Gasteiger partial charge in [0.25, 0.3) is 5.91 Å². The summed E-state index contributed by atoms with van der Waals surface area (Å²) in [6.45, 7) is 1.78. The highest BCUT2D eigenvalue weighted by Crippen LogP contribution is 2.25. The second kappa shape index (κ2) is 8.67. The zero-order chi connectivity index (χ0) is 18.4. The maximum Gasteiger partial charge on any atom is 0.254 e. The van der Waals surface area contributed by atoms with Gasteiger partial charge in [-0.05, 0) is 36.6 Å². The van der Waals surface area contributed by atoms with Gasteiger partial charge in [0.05, 0.1) is 20.3 Å². The van der Waals surface area contributed by atoms with Gasteiger partial charge in [0.1, 0.15) is 11.5 Å². The van der Waals surface area contributed by atoms with Gasteiger partial charge in [-0.1, -0.05) is 6.07 Å². The average Bonchev–Trinajstić information content (AvgIpc) is 3.20. The first kappa shape index (κ1) is 18.2. The highest BCUT2D eigenvalue weighted by Gasteiger charge is 2.24. The van der Waals surface area contributed by atoms with Gasteiger partial charge < -0.3 is 19.1 Å². The number of ether oxygens (including phenoxy) is 3. The third-order valence-corrected chi connectivity index (χ3v) is 4.43. The van der Waals surface area contributed by atoms with Crippen molar-refractivity contribution in [2.45, 2.75) is 25.5 Å². The van der Waals surface area contributed by atoms with E-state index in [1.54, 1.807) is 49.7 Å². The molecule has 1 fully saturated rings. The van der Waals surface area contributed by atoms with Crippen LogP contribution in [0.15, 0.2) is 42.7 Å². The summed E-state index contributed by atoms with van der Waals surface area (Å²) in [7, 11) is 3.14. The minimum Gasteiger partial charge on any atom is -0.497 e. The fraction of sp³-hybridized carbons (Fsp3) is 0.400. The second-order valence-corrected chi connectivity index (χ2v) is 6.28. The molecule has 1 saturated heterocycles. The van der Waals surface area contributed by atoms with E-state index in [0.29, 0.717) is 30.2 Å². The lowest BCUT2D eigenvalue weighted by atomic mass is 10.1. The van der Waals surface area contributed by atoms with Crippen LogP contribution in [0.4, 0.5) is 0 Å². The lowest BCUT2D eigenvalue weighted by Gasteiger charge is -2.26. The molecule has 0 saturated carbocycles. The molecule has 1 aromatic heterocycles. The molecule has 0 unspecified atom stereocenters. The summed E-state index contributed by atoms with van der Waals surface area (Å²) >= 11 is 0. The maximum absolute atomic E-state index is 13.2. The first-order chi connectivity index (χ1) is 12.7. The van der Waals surface area contributed by atoms with Crippen LogP contribution in [0.25, 0.3) is 0 Å². The standard InChI is InChI=1S/C20H24N2O4/c1-24-18-9-16(10-19(11-18)25-2)20(23)22(14-17-6-4-8-26-17)13-15-5-3-7-21-12-15/h3,5,7,9-12,17H,4,6,8,13-14H2,1-2H3/t17-/m0/s1. The van der Waals surface area contributed by atoms with Crippen LogP contribution in [0.1, 0.15) is 28.8 Å². The highest BCUT2D eigenvalue weighted by atomic mass is 16.5.